The van der Waals surface area contributed by atoms with Gasteiger partial charge in [0.25, 0.3) is 0 Å². The lowest BCUT2D eigenvalue weighted by atomic mass is 9.98. The van der Waals surface area contributed by atoms with Gasteiger partial charge in [-0.25, -0.2) is 0 Å². The molecule has 1 aromatic heterocycles. The van der Waals surface area contributed by atoms with E-state index >= 15 is 0 Å². The average Bonchev–Trinajstić information content (AvgIpc) is 3.16. The number of furan rings is 1. The summed E-state index contributed by atoms with van der Waals surface area (Å²) in [6.45, 7) is 0. The molecule has 0 fully saturated rings. The van der Waals surface area contributed by atoms with E-state index in [0.29, 0.717) is 32.7 Å². The van der Waals surface area contributed by atoms with Crippen LogP contribution in [0.15, 0.2) is 77.2 Å². The summed E-state index contributed by atoms with van der Waals surface area (Å²) >= 11 is 12.4. The Labute approximate surface area is 166 Å². The molecule has 0 aliphatic heterocycles. The van der Waals surface area contributed by atoms with Gasteiger partial charge in [-0.3, -0.25) is 0 Å². The maximum absolute atomic E-state index is 9.71. The monoisotopic (exact) mass is 389 g/mol. The molecule has 0 aliphatic carbocycles. The standard InChI is InChI=1S/C23H13Cl2NO/c24-21-10-4-9-20(23(21)25)22-12-11-17(27-22)13-16(14-26)19-8-3-6-15-5-1-2-7-18(15)19/h1-13H/b16-13-. The summed E-state index contributed by atoms with van der Waals surface area (Å²) in [4.78, 5) is 0. The van der Waals surface area contributed by atoms with Crippen molar-refractivity contribution in [2.75, 3.05) is 0 Å². The van der Waals surface area contributed by atoms with Gasteiger partial charge >= 0.3 is 0 Å². The predicted molar refractivity (Wildman–Crippen MR) is 112 cm³/mol. The van der Waals surface area contributed by atoms with Crippen molar-refractivity contribution < 1.29 is 4.42 Å². The van der Waals surface area contributed by atoms with Crippen molar-refractivity contribution in [1.29, 1.82) is 5.26 Å². The van der Waals surface area contributed by atoms with Crippen LogP contribution < -0.4 is 0 Å². The van der Waals surface area contributed by atoms with Crippen molar-refractivity contribution in [3.8, 4) is 17.4 Å². The lowest BCUT2D eigenvalue weighted by Crippen LogP contribution is -1.84. The summed E-state index contributed by atoms with van der Waals surface area (Å²) < 4.78 is 5.90. The number of fused-ring (bicyclic) bond motifs is 1. The van der Waals surface area contributed by atoms with Crippen LogP contribution >= 0.6 is 23.2 Å². The van der Waals surface area contributed by atoms with Crippen LogP contribution in [0.5, 0.6) is 0 Å². The fourth-order valence-electron chi connectivity index (χ4n) is 3.04. The highest BCUT2D eigenvalue weighted by molar-refractivity contribution is 6.43. The molecule has 27 heavy (non-hydrogen) atoms. The van der Waals surface area contributed by atoms with Crippen LogP contribution in [0.25, 0.3) is 33.7 Å². The molecule has 0 spiro atoms. The number of nitrogens with zero attached hydrogens (tertiary/aromatic N) is 1. The second-order valence-corrected chi connectivity index (χ2v) is 6.79. The van der Waals surface area contributed by atoms with Crippen molar-refractivity contribution in [3.63, 3.8) is 0 Å². The topological polar surface area (TPSA) is 36.9 Å². The molecular weight excluding hydrogens is 377 g/mol. The van der Waals surface area contributed by atoms with Gasteiger partial charge in [0.15, 0.2) is 0 Å². The number of nitriles is 1. The molecule has 0 unspecified atom stereocenters. The predicted octanol–water partition coefficient (Wildman–Crippen LogP) is 7.47. The molecule has 0 saturated heterocycles. The first-order valence-corrected chi connectivity index (χ1v) is 9.07. The Bertz CT molecular complexity index is 1210. The molecule has 0 atom stereocenters. The molecule has 4 rings (SSSR count). The summed E-state index contributed by atoms with van der Waals surface area (Å²) in [6.07, 6.45) is 1.74. The third-order valence-electron chi connectivity index (χ3n) is 4.33. The van der Waals surface area contributed by atoms with Crippen LogP contribution in [-0.4, -0.2) is 0 Å². The van der Waals surface area contributed by atoms with E-state index in [9.17, 15) is 5.26 Å². The van der Waals surface area contributed by atoms with Gasteiger partial charge in [0.05, 0.1) is 21.7 Å². The fraction of sp³-hybridized carbons (Fsp3) is 0. The molecule has 4 aromatic rings. The highest BCUT2D eigenvalue weighted by atomic mass is 35.5. The highest BCUT2D eigenvalue weighted by Crippen LogP contribution is 2.35. The largest absolute Gasteiger partial charge is 0.457 e. The minimum atomic E-state index is 0.443. The van der Waals surface area contributed by atoms with Gasteiger partial charge in [0.2, 0.25) is 0 Å². The van der Waals surface area contributed by atoms with Crippen molar-refractivity contribution in [2.45, 2.75) is 0 Å². The number of rotatable bonds is 3. The zero-order valence-electron chi connectivity index (χ0n) is 14.1. The van der Waals surface area contributed by atoms with Crippen LogP contribution in [0.3, 0.4) is 0 Å². The Balaban J connectivity index is 1.78. The maximum Gasteiger partial charge on any atom is 0.136 e. The molecule has 4 heteroatoms. The number of allylic oxidation sites excluding steroid dienone is 1. The van der Waals surface area contributed by atoms with Gasteiger partial charge in [-0.15, -0.1) is 0 Å². The number of hydrogen-bond donors (Lipinski definition) is 0. The molecular formula is C23H13Cl2NO. The van der Waals surface area contributed by atoms with Gasteiger partial charge in [0, 0.05) is 11.1 Å². The zero-order valence-corrected chi connectivity index (χ0v) is 15.6. The minimum absolute atomic E-state index is 0.443. The Kier molecular flexibility index (Phi) is 4.73. The van der Waals surface area contributed by atoms with E-state index in [-0.39, 0.29) is 0 Å². The summed E-state index contributed by atoms with van der Waals surface area (Å²) in [6, 6.07) is 25.2. The normalized spacial score (nSPS) is 11.5. The molecule has 0 saturated carbocycles. The van der Waals surface area contributed by atoms with E-state index in [1.807, 2.05) is 66.7 Å². The van der Waals surface area contributed by atoms with Gasteiger partial charge < -0.3 is 4.42 Å². The first-order chi connectivity index (χ1) is 13.2. The van der Waals surface area contributed by atoms with Gasteiger partial charge in [-0.05, 0) is 41.1 Å². The second-order valence-electron chi connectivity index (χ2n) is 6.00. The Morgan fingerprint density at radius 3 is 2.52 bits per heavy atom. The van der Waals surface area contributed by atoms with Crippen molar-refractivity contribution in [2.24, 2.45) is 0 Å². The number of halogens is 2. The van der Waals surface area contributed by atoms with Crippen LogP contribution in [0.4, 0.5) is 0 Å². The van der Waals surface area contributed by atoms with E-state index in [4.69, 9.17) is 27.6 Å². The molecule has 3 aromatic carbocycles. The minimum Gasteiger partial charge on any atom is -0.457 e. The van der Waals surface area contributed by atoms with E-state index in [0.717, 1.165) is 16.3 Å². The second kappa shape index (κ2) is 7.32. The van der Waals surface area contributed by atoms with E-state index in [1.165, 1.54) is 0 Å². The molecule has 0 amide bonds. The average molecular weight is 390 g/mol. The molecule has 0 aliphatic rings. The summed E-state index contributed by atoms with van der Waals surface area (Å²) in [5, 5.41) is 12.7. The summed E-state index contributed by atoms with van der Waals surface area (Å²) in [5.74, 6) is 1.18. The maximum atomic E-state index is 9.71. The molecule has 130 valence electrons. The Hall–Kier alpha value is -2.99. The third-order valence-corrected chi connectivity index (χ3v) is 5.15. The first kappa shape index (κ1) is 17.4. The Morgan fingerprint density at radius 1 is 0.889 bits per heavy atom. The van der Waals surface area contributed by atoms with Crippen LogP contribution in [-0.2, 0) is 0 Å². The first-order valence-electron chi connectivity index (χ1n) is 8.31. The smallest absolute Gasteiger partial charge is 0.136 e. The van der Waals surface area contributed by atoms with Gasteiger partial charge in [0.1, 0.15) is 11.5 Å². The van der Waals surface area contributed by atoms with Crippen molar-refractivity contribution in [3.05, 3.63) is 94.2 Å². The quantitative estimate of drug-likeness (QED) is 0.340. The van der Waals surface area contributed by atoms with E-state index in [1.54, 1.807) is 12.1 Å². The van der Waals surface area contributed by atoms with E-state index < -0.39 is 0 Å². The molecule has 0 radical (unpaired) electrons. The zero-order chi connectivity index (χ0) is 18.8. The number of hydrogen-bond acceptors (Lipinski definition) is 2. The Morgan fingerprint density at radius 2 is 1.67 bits per heavy atom. The molecule has 2 nitrogen and oxygen atoms in total. The fourth-order valence-corrected chi connectivity index (χ4v) is 3.44. The van der Waals surface area contributed by atoms with Gasteiger partial charge in [-0.2, -0.15) is 5.26 Å². The SMILES string of the molecule is N#C/C(=C/c1ccc(-c2cccc(Cl)c2Cl)o1)c1cccc2ccccc12. The third kappa shape index (κ3) is 3.36. The molecule has 0 bridgehead atoms. The summed E-state index contributed by atoms with van der Waals surface area (Å²) in [5.41, 5.74) is 2.12. The van der Waals surface area contributed by atoms with Crippen LogP contribution in [0, 0.1) is 11.3 Å². The lowest BCUT2D eigenvalue weighted by Gasteiger charge is -2.05. The van der Waals surface area contributed by atoms with Crippen LogP contribution in [0.1, 0.15) is 11.3 Å². The lowest BCUT2D eigenvalue weighted by molar-refractivity contribution is 0.572. The highest BCUT2D eigenvalue weighted by Gasteiger charge is 2.12. The molecule has 0 N–H and O–H groups in total. The van der Waals surface area contributed by atoms with E-state index in [2.05, 4.69) is 6.07 Å². The summed E-state index contributed by atoms with van der Waals surface area (Å²) in [7, 11) is 0. The number of benzene rings is 3. The van der Waals surface area contributed by atoms with Gasteiger partial charge in [-0.1, -0.05) is 71.7 Å². The van der Waals surface area contributed by atoms with Crippen LogP contribution in [0.2, 0.25) is 10.0 Å². The molecule has 1 heterocycles. The van der Waals surface area contributed by atoms with Crippen molar-refractivity contribution >= 4 is 45.6 Å². The van der Waals surface area contributed by atoms with Crippen molar-refractivity contribution in [1.82, 2.24) is 0 Å².